The molecule has 38 heavy (non-hydrogen) atoms. The highest BCUT2D eigenvalue weighted by molar-refractivity contribution is 5.80. The van der Waals surface area contributed by atoms with Crippen molar-refractivity contribution in [3.8, 4) is 17.0 Å². The van der Waals surface area contributed by atoms with Gasteiger partial charge in [-0.3, -0.25) is 0 Å². The molecule has 0 saturated heterocycles. The summed E-state index contributed by atoms with van der Waals surface area (Å²) in [7, 11) is 3.20. The van der Waals surface area contributed by atoms with Crippen LogP contribution in [0.15, 0.2) is 49.1 Å². The van der Waals surface area contributed by atoms with Gasteiger partial charge in [-0.25, -0.2) is 19.6 Å². The summed E-state index contributed by atoms with van der Waals surface area (Å²) in [5.41, 5.74) is 4.00. The fraction of sp³-hybridized carbons (Fsp3) is 0.385. The smallest absolute Gasteiger partial charge is 0.401 e. The van der Waals surface area contributed by atoms with Gasteiger partial charge in [0, 0.05) is 49.3 Å². The monoisotopic (exact) mass is 529 g/mol. The number of alkyl halides is 3. The number of methoxy groups -OCH3 is 2. The van der Waals surface area contributed by atoms with Gasteiger partial charge in [0.2, 0.25) is 0 Å². The van der Waals surface area contributed by atoms with E-state index >= 15 is 0 Å². The number of hydrogen-bond donors (Lipinski definition) is 2. The zero-order valence-corrected chi connectivity index (χ0v) is 21.4. The molecule has 1 aromatic carbocycles. The zero-order chi connectivity index (χ0) is 27.1. The third-order valence-corrected chi connectivity index (χ3v) is 6.02. The van der Waals surface area contributed by atoms with Gasteiger partial charge in [-0.1, -0.05) is 19.1 Å². The minimum Gasteiger partial charge on any atom is -0.496 e. The number of ether oxygens (including phenoxy) is 2. The van der Waals surface area contributed by atoms with Gasteiger partial charge in [-0.2, -0.15) is 18.3 Å². The number of nitrogens with zero attached hydrogens (tertiary/aromatic N) is 5. The van der Waals surface area contributed by atoms with Crippen molar-refractivity contribution in [3.63, 3.8) is 0 Å². The van der Waals surface area contributed by atoms with E-state index in [0.717, 1.165) is 27.9 Å². The van der Waals surface area contributed by atoms with E-state index in [4.69, 9.17) is 9.47 Å². The standard InChI is InChI=1S/C26H30F3N7O2/c1-17(21-5-4-18(8-23(21)38-3)12-30-15-26(27,28)29)11-31-24-10-22(33-16-34-24)19-9-20-14-35-36(6-7-37-2)25(20)32-13-19/h4-5,8-10,13-14,16-17,30H,6-7,11-12,15H2,1-3H3,(H,31,33,34). The van der Waals surface area contributed by atoms with Crippen molar-refractivity contribution in [1.82, 2.24) is 30.0 Å². The number of hydrogen-bond acceptors (Lipinski definition) is 8. The summed E-state index contributed by atoms with van der Waals surface area (Å²) in [6.45, 7) is 2.82. The number of nitrogens with one attached hydrogen (secondary N) is 2. The molecular formula is C26H30F3N7O2. The first-order valence-electron chi connectivity index (χ1n) is 12.1. The Morgan fingerprint density at radius 2 is 1.89 bits per heavy atom. The van der Waals surface area contributed by atoms with Gasteiger partial charge in [-0.05, 0) is 23.3 Å². The summed E-state index contributed by atoms with van der Waals surface area (Å²) in [6.07, 6.45) is 0.784. The van der Waals surface area contributed by atoms with Crippen LogP contribution in [0.5, 0.6) is 5.75 Å². The fourth-order valence-corrected chi connectivity index (χ4v) is 4.05. The predicted molar refractivity (Wildman–Crippen MR) is 138 cm³/mol. The van der Waals surface area contributed by atoms with Gasteiger partial charge in [-0.15, -0.1) is 0 Å². The van der Waals surface area contributed by atoms with Crippen molar-refractivity contribution < 1.29 is 22.6 Å². The van der Waals surface area contributed by atoms with E-state index in [1.807, 2.05) is 25.1 Å². The Kier molecular flexibility index (Phi) is 8.74. The van der Waals surface area contributed by atoms with Crippen LogP contribution in [0.2, 0.25) is 0 Å². The van der Waals surface area contributed by atoms with Crippen molar-refractivity contribution in [2.75, 3.05) is 39.2 Å². The third-order valence-electron chi connectivity index (χ3n) is 6.02. The highest BCUT2D eigenvalue weighted by Gasteiger charge is 2.26. The highest BCUT2D eigenvalue weighted by atomic mass is 19.4. The van der Waals surface area contributed by atoms with Crippen molar-refractivity contribution in [2.45, 2.75) is 32.1 Å². The Hall–Kier alpha value is -3.77. The second-order valence-corrected chi connectivity index (χ2v) is 8.86. The van der Waals surface area contributed by atoms with E-state index < -0.39 is 12.7 Å². The molecule has 0 aliphatic carbocycles. The lowest BCUT2D eigenvalue weighted by Gasteiger charge is -2.18. The summed E-state index contributed by atoms with van der Waals surface area (Å²) in [6, 6.07) is 9.30. The largest absolute Gasteiger partial charge is 0.496 e. The van der Waals surface area contributed by atoms with E-state index in [0.29, 0.717) is 36.8 Å². The summed E-state index contributed by atoms with van der Waals surface area (Å²) in [5, 5.41) is 11.0. The Labute approximate surface area is 218 Å². The molecule has 3 heterocycles. The van der Waals surface area contributed by atoms with E-state index in [2.05, 4.69) is 30.7 Å². The summed E-state index contributed by atoms with van der Waals surface area (Å²) < 4.78 is 49.7. The highest BCUT2D eigenvalue weighted by Crippen LogP contribution is 2.29. The Morgan fingerprint density at radius 1 is 1.05 bits per heavy atom. The molecule has 202 valence electrons. The number of halogens is 3. The lowest BCUT2D eigenvalue weighted by molar-refractivity contribution is -0.125. The molecular weight excluding hydrogens is 499 g/mol. The first kappa shape index (κ1) is 27.3. The lowest BCUT2D eigenvalue weighted by Crippen LogP contribution is -2.28. The van der Waals surface area contributed by atoms with Crippen molar-refractivity contribution in [1.29, 1.82) is 0 Å². The van der Waals surface area contributed by atoms with E-state index in [9.17, 15) is 13.2 Å². The molecule has 0 fully saturated rings. The molecule has 4 aromatic rings. The molecule has 4 rings (SSSR count). The van der Waals surface area contributed by atoms with E-state index in [1.54, 1.807) is 43.4 Å². The first-order chi connectivity index (χ1) is 18.3. The Morgan fingerprint density at radius 3 is 2.66 bits per heavy atom. The number of pyridine rings is 1. The molecule has 2 N–H and O–H groups in total. The summed E-state index contributed by atoms with van der Waals surface area (Å²) in [5.74, 6) is 1.32. The molecule has 0 amide bonds. The van der Waals surface area contributed by atoms with Crippen LogP contribution in [0.25, 0.3) is 22.3 Å². The number of fused-ring (bicyclic) bond motifs is 1. The maximum absolute atomic E-state index is 12.4. The van der Waals surface area contributed by atoms with Gasteiger partial charge in [0.1, 0.15) is 17.9 Å². The van der Waals surface area contributed by atoms with E-state index in [-0.39, 0.29) is 12.5 Å². The molecule has 12 heteroatoms. The van der Waals surface area contributed by atoms with Gasteiger partial charge < -0.3 is 20.1 Å². The molecule has 3 aromatic heterocycles. The fourth-order valence-electron chi connectivity index (χ4n) is 4.05. The predicted octanol–water partition coefficient (Wildman–Crippen LogP) is 4.41. The van der Waals surface area contributed by atoms with Crippen LogP contribution in [0.3, 0.4) is 0 Å². The average Bonchev–Trinajstić information content (AvgIpc) is 3.32. The van der Waals surface area contributed by atoms with Gasteiger partial charge in [0.15, 0.2) is 5.65 Å². The lowest BCUT2D eigenvalue weighted by atomic mass is 9.98. The van der Waals surface area contributed by atoms with Gasteiger partial charge in [0.25, 0.3) is 0 Å². The number of anilines is 1. The first-order valence-corrected chi connectivity index (χ1v) is 12.1. The maximum atomic E-state index is 12.4. The van der Waals surface area contributed by atoms with Crippen LogP contribution < -0.4 is 15.4 Å². The number of aromatic nitrogens is 5. The average molecular weight is 530 g/mol. The maximum Gasteiger partial charge on any atom is 0.401 e. The third kappa shape index (κ3) is 6.95. The van der Waals surface area contributed by atoms with Crippen LogP contribution in [0.1, 0.15) is 24.0 Å². The van der Waals surface area contributed by atoms with Crippen LogP contribution in [-0.2, 0) is 17.8 Å². The molecule has 0 aliphatic rings. The van der Waals surface area contributed by atoms with Crippen LogP contribution in [0.4, 0.5) is 19.0 Å². The van der Waals surface area contributed by atoms with Crippen LogP contribution in [0, 0.1) is 0 Å². The molecule has 0 radical (unpaired) electrons. The van der Waals surface area contributed by atoms with E-state index in [1.165, 1.54) is 6.33 Å². The van der Waals surface area contributed by atoms with Crippen molar-refractivity contribution in [2.24, 2.45) is 0 Å². The number of rotatable bonds is 12. The van der Waals surface area contributed by atoms with Crippen LogP contribution in [-0.4, -0.2) is 64.8 Å². The molecule has 9 nitrogen and oxygen atoms in total. The van der Waals surface area contributed by atoms with Crippen LogP contribution >= 0.6 is 0 Å². The normalized spacial score (nSPS) is 12.6. The van der Waals surface area contributed by atoms with Gasteiger partial charge >= 0.3 is 6.18 Å². The minimum atomic E-state index is -4.25. The van der Waals surface area contributed by atoms with Gasteiger partial charge in [0.05, 0.1) is 38.7 Å². The Balaban J connectivity index is 1.41. The minimum absolute atomic E-state index is 0.0384. The number of benzene rings is 1. The molecule has 1 unspecified atom stereocenters. The quantitative estimate of drug-likeness (QED) is 0.279. The second-order valence-electron chi connectivity index (χ2n) is 8.86. The van der Waals surface area contributed by atoms with Crippen molar-refractivity contribution >= 4 is 16.9 Å². The molecule has 0 aliphatic heterocycles. The molecule has 0 saturated carbocycles. The summed E-state index contributed by atoms with van der Waals surface area (Å²) in [4.78, 5) is 13.3. The Bertz CT molecular complexity index is 1360. The zero-order valence-electron chi connectivity index (χ0n) is 21.4. The second kappa shape index (κ2) is 12.2. The van der Waals surface area contributed by atoms with Crippen molar-refractivity contribution in [3.05, 3.63) is 60.2 Å². The molecule has 0 bridgehead atoms. The summed E-state index contributed by atoms with van der Waals surface area (Å²) >= 11 is 0. The molecule has 0 spiro atoms. The molecule has 1 atom stereocenters. The topological polar surface area (TPSA) is 99.0 Å². The SMILES string of the molecule is COCCn1ncc2cc(-c3cc(NCC(C)c4ccc(CNCC(F)(F)F)cc4OC)ncn3)cnc21.